The third-order valence-electron chi connectivity index (χ3n) is 4.79. The standard InChI is InChI=1S/C24H25FN2O2S/c1-3-13-26(2)23(28)16-18-9-11-21(12-10-18)27(24(29)22-8-5-14-30-22)17-19-6-4-7-20(25)15-19/h4-12,14-15H,3,13,16-17H2,1-2H3. The number of carbonyl (C=O) groups excluding carboxylic acids is 2. The Balaban J connectivity index is 1.82. The Morgan fingerprint density at radius 3 is 2.40 bits per heavy atom. The lowest BCUT2D eigenvalue weighted by atomic mass is 10.1. The fourth-order valence-electron chi connectivity index (χ4n) is 3.19. The molecule has 4 nitrogen and oxygen atoms in total. The maximum Gasteiger partial charge on any atom is 0.268 e. The van der Waals surface area contributed by atoms with Crippen LogP contribution in [0.15, 0.2) is 66.0 Å². The van der Waals surface area contributed by atoms with Crippen LogP contribution >= 0.6 is 11.3 Å². The van der Waals surface area contributed by atoms with Crippen molar-refractivity contribution in [2.45, 2.75) is 26.3 Å². The van der Waals surface area contributed by atoms with Crippen LogP contribution in [0.1, 0.15) is 34.1 Å². The molecule has 30 heavy (non-hydrogen) atoms. The molecule has 156 valence electrons. The van der Waals surface area contributed by atoms with Crippen molar-refractivity contribution >= 4 is 28.8 Å². The Bertz CT molecular complexity index is 987. The van der Waals surface area contributed by atoms with Crippen molar-refractivity contribution in [3.05, 3.63) is 87.9 Å². The van der Waals surface area contributed by atoms with Crippen LogP contribution in [-0.2, 0) is 17.8 Å². The van der Waals surface area contributed by atoms with Crippen molar-refractivity contribution in [1.29, 1.82) is 0 Å². The molecule has 0 aliphatic carbocycles. The van der Waals surface area contributed by atoms with Gasteiger partial charge in [-0.25, -0.2) is 4.39 Å². The second-order valence-electron chi connectivity index (χ2n) is 7.16. The molecular formula is C24H25FN2O2S. The fourth-order valence-corrected chi connectivity index (χ4v) is 3.87. The lowest BCUT2D eigenvalue weighted by molar-refractivity contribution is -0.129. The normalized spacial score (nSPS) is 10.6. The summed E-state index contributed by atoms with van der Waals surface area (Å²) in [5.41, 5.74) is 2.30. The second-order valence-corrected chi connectivity index (χ2v) is 8.10. The third-order valence-corrected chi connectivity index (χ3v) is 5.65. The summed E-state index contributed by atoms with van der Waals surface area (Å²) < 4.78 is 13.7. The van der Waals surface area contributed by atoms with Gasteiger partial charge >= 0.3 is 0 Å². The number of hydrogen-bond donors (Lipinski definition) is 0. The first-order valence-electron chi connectivity index (χ1n) is 9.90. The SMILES string of the molecule is CCCN(C)C(=O)Cc1ccc(N(Cc2cccc(F)c2)C(=O)c2cccs2)cc1. The van der Waals surface area contributed by atoms with E-state index in [-0.39, 0.29) is 24.2 Å². The Kier molecular flexibility index (Phi) is 7.36. The van der Waals surface area contributed by atoms with E-state index in [1.807, 2.05) is 42.6 Å². The number of halogens is 1. The van der Waals surface area contributed by atoms with Crippen LogP contribution < -0.4 is 4.90 Å². The Labute approximate surface area is 180 Å². The van der Waals surface area contributed by atoms with E-state index >= 15 is 0 Å². The zero-order valence-electron chi connectivity index (χ0n) is 17.2. The maximum atomic E-state index is 13.7. The van der Waals surface area contributed by atoms with Crippen LogP contribution in [0, 0.1) is 5.82 Å². The number of anilines is 1. The highest BCUT2D eigenvalue weighted by Gasteiger charge is 2.19. The molecule has 0 spiro atoms. The first-order valence-corrected chi connectivity index (χ1v) is 10.8. The summed E-state index contributed by atoms with van der Waals surface area (Å²) in [7, 11) is 1.81. The molecule has 0 saturated heterocycles. The van der Waals surface area contributed by atoms with Crippen molar-refractivity contribution in [3.8, 4) is 0 Å². The Morgan fingerprint density at radius 1 is 1.00 bits per heavy atom. The minimum atomic E-state index is -0.332. The van der Waals surface area contributed by atoms with Crippen LogP contribution in [0.2, 0.25) is 0 Å². The molecule has 3 aromatic rings. The van der Waals surface area contributed by atoms with Crippen LogP contribution in [-0.4, -0.2) is 30.3 Å². The number of benzene rings is 2. The number of hydrogen-bond acceptors (Lipinski definition) is 3. The van der Waals surface area contributed by atoms with Gasteiger partial charge in [-0.2, -0.15) is 0 Å². The van der Waals surface area contributed by atoms with Gasteiger partial charge in [-0.1, -0.05) is 37.3 Å². The largest absolute Gasteiger partial charge is 0.345 e. The van der Waals surface area contributed by atoms with Crippen LogP contribution in [0.4, 0.5) is 10.1 Å². The molecule has 3 rings (SSSR count). The van der Waals surface area contributed by atoms with Gasteiger partial charge in [0.05, 0.1) is 17.8 Å². The molecule has 0 aliphatic heterocycles. The molecule has 0 unspecified atom stereocenters. The maximum absolute atomic E-state index is 13.7. The van der Waals surface area contributed by atoms with Gasteiger partial charge in [-0.05, 0) is 53.3 Å². The van der Waals surface area contributed by atoms with E-state index in [0.717, 1.165) is 18.5 Å². The molecule has 6 heteroatoms. The zero-order valence-corrected chi connectivity index (χ0v) is 18.0. The molecule has 0 N–H and O–H groups in total. The van der Waals surface area contributed by atoms with Crippen LogP contribution in [0.5, 0.6) is 0 Å². The predicted molar refractivity (Wildman–Crippen MR) is 119 cm³/mol. The summed E-state index contributed by atoms with van der Waals surface area (Å²) in [6.45, 7) is 3.02. The van der Waals surface area contributed by atoms with Gasteiger partial charge in [0.25, 0.3) is 5.91 Å². The Hall–Kier alpha value is -2.99. The van der Waals surface area contributed by atoms with E-state index in [4.69, 9.17) is 0 Å². The molecule has 1 aromatic heterocycles. The number of amides is 2. The first-order chi connectivity index (χ1) is 14.5. The summed E-state index contributed by atoms with van der Waals surface area (Å²) in [6, 6.07) is 17.3. The van der Waals surface area contributed by atoms with Gasteiger partial charge < -0.3 is 9.80 Å². The van der Waals surface area contributed by atoms with Crippen molar-refractivity contribution in [2.75, 3.05) is 18.5 Å². The summed E-state index contributed by atoms with van der Waals surface area (Å²) in [6.07, 6.45) is 1.24. The van der Waals surface area contributed by atoms with Gasteiger partial charge in [0.15, 0.2) is 0 Å². The minimum absolute atomic E-state index is 0.0656. The van der Waals surface area contributed by atoms with Gasteiger partial charge in [-0.15, -0.1) is 11.3 Å². The predicted octanol–water partition coefficient (Wildman–Crippen LogP) is 5.15. The molecule has 0 bridgehead atoms. The van der Waals surface area contributed by atoms with E-state index < -0.39 is 0 Å². The van der Waals surface area contributed by atoms with E-state index in [0.29, 0.717) is 22.5 Å². The van der Waals surface area contributed by atoms with Gasteiger partial charge in [0.2, 0.25) is 5.91 Å². The summed E-state index contributed by atoms with van der Waals surface area (Å²) in [5, 5.41) is 1.86. The molecular weight excluding hydrogens is 399 g/mol. The highest BCUT2D eigenvalue weighted by atomic mass is 32.1. The second kappa shape index (κ2) is 10.2. The topological polar surface area (TPSA) is 40.6 Å². The third kappa shape index (κ3) is 5.54. The Morgan fingerprint density at radius 2 is 1.77 bits per heavy atom. The molecule has 2 aromatic carbocycles. The number of thiophene rings is 1. The lowest BCUT2D eigenvalue weighted by Crippen LogP contribution is -2.30. The highest BCUT2D eigenvalue weighted by Crippen LogP contribution is 2.23. The smallest absolute Gasteiger partial charge is 0.268 e. The monoisotopic (exact) mass is 424 g/mol. The zero-order chi connectivity index (χ0) is 21.5. The molecule has 1 heterocycles. The minimum Gasteiger partial charge on any atom is -0.345 e. The van der Waals surface area contributed by atoms with Gasteiger partial charge in [-0.3, -0.25) is 9.59 Å². The summed E-state index contributed by atoms with van der Waals surface area (Å²) in [5.74, 6) is -0.405. The molecule has 2 amide bonds. The van der Waals surface area contributed by atoms with Crippen molar-refractivity contribution < 1.29 is 14.0 Å². The van der Waals surface area contributed by atoms with E-state index in [2.05, 4.69) is 0 Å². The average molecular weight is 425 g/mol. The molecule has 0 aliphatic rings. The number of nitrogens with zero attached hydrogens (tertiary/aromatic N) is 2. The molecule has 0 radical (unpaired) electrons. The number of likely N-dealkylation sites (N-methyl/N-ethyl adjacent to an activating group) is 1. The number of rotatable bonds is 8. The number of carbonyl (C=O) groups is 2. The first kappa shape index (κ1) is 21.7. The van der Waals surface area contributed by atoms with Crippen LogP contribution in [0.25, 0.3) is 0 Å². The fraction of sp³-hybridized carbons (Fsp3) is 0.250. The van der Waals surface area contributed by atoms with E-state index in [9.17, 15) is 14.0 Å². The lowest BCUT2D eigenvalue weighted by Gasteiger charge is -2.23. The molecule has 0 fully saturated rings. The van der Waals surface area contributed by atoms with Crippen molar-refractivity contribution in [1.82, 2.24) is 4.90 Å². The highest BCUT2D eigenvalue weighted by molar-refractivity contribution is 7.12. The van der Waals surface area contributed by atoms with E-state index in [1.165, 1.54) is 23.5 Å². The van der Waals surface area contributed by atoms with Crippen LogP contribution in [0.3, 0.4) is 0 Å². The van der Waals surface area contributed by atoms with E-state index in [1.54, 1.807) is 35.0 Å². The summed E-state index contributed by atoms with van der Waals surface area (Å²) >= 11 is 1.37. The molecule has 0 saturated carbocycles. The quantitative estimate of drug-likeness (QED) is 0.502. The van der Waals surface area contributed by atoms with Gasteiger partial charge in [0, 0.05) is 19.3 Å². The van der Waals surface area contributed by atoms with Crippen molar-refractivity contribution in [2.24, 2.45) is 0 Å². The van der Waals surface area contributed by atoms with Crippen molar-refractivity contribution in [3.63, 3.8) is 0 Å². The average Bonchev–Trinajstić information content (AvgIpc) is 3.27. The molecule has 0 atom stereocenters. The van der Waals surface area contributed by atoms with Gasteiger partial charge in [0.1, 0.15) is 5.82 Å². The summed E-state index contributed by atoms with van der Waals surface area (Å²) in [4.78, 5) is 29.4.